The van der Waals surface area contributed by atoms with E-state index in [1.165, 1.54) is 0 Å². The van der Waals surface area contributed by atoms with Crippen molar-refractivity contribution in [1.82, 2.24) is 5.32 Å². The number of amides is 1. The normalized spacial score (nSPS) is 16.7. The summed E-state index contributed by atoms with van der Waals surface area (Å²) in [6.07, 6.45) is 2.10. The number of carbonyl (C=O) groups excluding carboxylic acids is 1. The summed E-state index contributed by atoms with van der Waals surface area (Å²) >= 11 is 0. The smallest absolute Gasteiger partial charge is 0.253 e. The molecular formula is C12H17N3O. The maximum atomic E-state index is 12.0. The van der Waals surface area contributed by atoms with Crippen molar-refractivity contribution >= 4 is 11.6 Å². The van der Waals surface area contributed by atoms with Gasteiger partial charge in [0.25, 0.3) is 5.91 Å². The predicted molar refractivity (Wildman–Crippen MR) is 64.1 cm³/mol. The van der Waals surface area contributed by atoms with Crippen molar-refractivity contribution in [2.75, 3.05) is 5.43 Å². The Bertz CT molecular complexity index is 424. The third-order valence-electron chi connectivity index (χ3n) is 2.99. The second-order valence-electron chi connectivity index (χ2n) is 4.71. The zero-order valence-electron chi connectivity index (χ0n) is 9.63. The van der Waals surface area contributed by atoms with Gasteiger partial charge < -0.3 is 10.7 Å². The zero-order chi connectivity index (χ0) is 11.8. The highest BCUT2D eigenvalue weighted by Gasteiger charge is 2.39. The second-order valence-corrected chi connectivity index (χ2v) is 4.71. The first kappa shape index (κ1) is 11.0. The van der Waals surface area contributed by atoms with Gasteiger partial charge in [0.05, 0.1) is 11.3 Å². The highest BCUT2D eigenvalue weighted by molar-refractivity contribution is 6.00. The molecule has 0 aromatic heterocycles. The topological polar surface area (TPSA) is 67.1 Å². The fraction of sp³-hybridized carbons (Fsp3) is 0.417. The first-order chi connectivity index (χ1) is 7.54. The van der Waals surface area contributed by atoms with Gasteiger partial charge in [-0.2, -0.15) is 0 Å². The van der Waals surface area contributed by atoms with E-state index < -0.39 is 0 Å². The molecule has 0 radical (unpaired) electrons. The minimum absolute atomic E-state index is 0.00724. The van der Waals surface area contributed by atoms with E-state index in [9.17, 15) is 4.79 Å². The number of benzene rings is 1. The van der Waals surface area contributed by atoms with Crippen LogP contribution in [0.5, 0.6) is 0 Å². The van der Waals surface area contributed by atoms with Crippen LogP contribution < -0.4 is 16.6 Å². The Labute approximate surface area is 95.2 Å². The lowest BCUT2D eigenvalue weighted by Crippen LogP contribution is -2.34. The average Bonchev–Trinajstić information content (AvgIpc) is 2.96. The van der Waals surface area contributed by atoms with Gasteiger partial charge in [0.2, 0.25) is 0 Å². The molecule has 86 valence electrons. The number of nitrogens with two attached hydrogens (primary N) is 1. The molecule has 0 atom stereocenters. The van der Waals surface area contributed by atoms with Crippen LogP contribution in [0.1, 0.15) is 35.7 Å². The van der Waals surface area contributed by atoms with Crippen LogP contribution in [0.4, 0.5) is 5.69 Å². The number of hydrogen-bond donors (Lipinski definition) is 3. The van der Waals surface area contributed by atoms with Crippen molar-refractivity contribution in [2.45, 2.75) is 32.2 Å². The third kappa shape index (κ3) is 2.17. The fourth-order valence-electron chi connectivity index (χ4n) is 1.63. The molecular weight excluding hydrogens is 202 g/mol. The summed E-state index contributed by atoms with van der Waals surface area (Å²) in [5, 5.41) is 3.01. The van der Waals surface area contributed by atoms with Crippen molar-refractivity contribution in [3.8, 4) is 0 Å². The highest BCUT2D eigenvalue weighted by Crippen LogP contribution is 2.34. The van der Waals surface area contributed by atoms with Crippen LogP contribution in [0.2, 0.25) is 0 Å². The van der Waals surface area contributed by atoms with Gasteiger partial charge in [-0.3, -0.25) is 10.6 Å². The van der Waals surface area contributed by atoms with Crippen LogP contribution >= 0.6 is 0 Å². The van der Waals surface area contributed by atoms with E-state index in [4.69, 9.17) is 5.84 Å². The average molecular weight is 219 g/mol. The minimum atomic E-state index is -0.0587. The standard InChI is InChI=1S/C12H17N3O/c1-8-3-4-10(15-13)9(7-8)11(16)14-12(2)5-6-12/h3-4,7,15H,5-6,13H2,1-2H3,(H,14,16). The molecule has 0 heterocycles. The maximum absolute atomic E-state index is 12.0. The molecule has 1 aromatic rings. The van der Waals surface area contributed by atoms with Gasteiger partial charge in [0.1, 0.15) is 0 Å². The van der Waals surface area contributed by atoms with Gasteiger partial charge in [0.15, 0.2) is 0 Å². The summed E-state index contributed by atoms with van der Waals surface area (Å²) in [6, 6.07) is 5.58. The summed E-state index contributed by atoms with van der Waals surface area (Å²) in [5.41, 5.74) is 4.85. The number of aryl methyl sites for hydroxylation is 1. The van der Waals surface area contributed by atoms with Gasteiger partial charge in [-0.05, 0) is 38.8 Å². The molecule has 4 nitrogen and oxygen atoms in total. The van der Waals surface area contributed by atoms with E-state index in [0.29, 0.717) is 11.3 Å². The zero-order valence-corrected chi connectivity index (χ0v) is 9.63. The molecule has 16 heavy (non-hydrogen) atoms. The van der Waals surface area contributed by atoms with E-state index in [1.807, 2.05) is 25.1 Å². The summed E-state index contributed by atoms with van der Waals surface area (Å²) in [7, 11) is 0. The van der Waals surface area contributed by atoms with Crippen LogP contribution in [0.15, 0.2) is 18.2 Å². The number of anilines is 1. The molecule has 1 amide bonds. The van der Waals surface area contributed by atoms with Gasteiger partial charge >= 0.3 is 0 Å². The van der Waals surface area contributed by atoms with Crippen molar-refractivity contribution in [3.63, 3.8) is 0 Å². The lowest BCUT2D eigenvalue weighted by molar-refractivity contribution is 0.0936. The molecule has 0 bridgehead atoms. The molecule has 1 aromatic carbocycles. The van der Waals surface area contributed by atoms with E-state index in [-0.39, 0.29) is 11.4 Å². The first-order valence-electron chi connectivity index (χ1n) is 5.44. The summed E-state index contributed by atoms with van der Waals surface area (Å²) in [4.78, 5) is 12.0. The Balaban J connectivity index is 2.24. The number of nitrogen functional groups attached to an aromatic ring is 1. The van der Waals surface area contributed by atoms with E-state index in [2.05, 4.69) is 17.7 Å². The minimum Gasteiger partial charge on any atom is -0.347 e. The quantitative estimate of drug-likeness (QED) is 0.534. The van der Waals surface area contributed by atoms with Crippen LogP contribution in [-0.4, -0.2) is 11.4 Å². The lowest BCUT2D eigenvalue weighted by Gasteiger charge is -2.14. The monoisotopic (exact) mass is 219 g/mol. The third-order valence-corrected chi connectivity index (χ3v) is 2.99. The van der Waals surface area contributed by atoms with E-state index in [1.54, 1.807) is 0 Å². The first-order valence-corrected chi connectivity index (χ1v) is 5.44. The molecule has 1 fully saturated rings. The lowest BCUT2D eigenvalue weighted by atomic mass is 10.1. The van der Waals surface area contributed by atoms with Crippen molar-refractivity contribution in [3.05, 3.63) is 29.3 Å². The molecule has 4 N–H and O–H groups in total. The molecule has 2 rings (SSSR count). The molecule has 4 heteroatoms. The predicted octanol–water partition coefficient (Wildman–Crippen LogP) is 1.56. The molecule has 0 saturated heterocycles. The molecule has 0 spiro atoms. The van der Waals surface area contributed by atoms with Crippen LogP contribution in [0, 0.1) is 6.92 Å². The number of nitrogens with one attached hydrogen (secondary N) is 2. The number of carbonyl (C=O) groups is 1. The Morgan fingerprint density at radius 2 is 2.12 bits per heavy atom. The van der Waals surface area contributed by atoms with Gasteiger partial charge in [-0.25, -0.2) is 0 Å². The summed E-state index contributed by atoms with van der Waals surface area (Å²) in [6.45, 7) is 4.01. The van der Waals surface area contributed by atoms with Gasteiger partial charge in [0, 0.05) is 5.54 Å². The number of hydrogen-bond acceptors (Lipinski definition) is 3. The molecule has 1 saturated carbocycles. The number of rotatable bonds is 3. The summed E-state index contributed by atoms with van der Waals surface area (Å²) < 4.78 is 0. The molecule has 1 aliphatic rings. The fourth-order valence-corrected chi connectivity index (χ4v) is 1.63. The van der Waals surface area contributed by atoms with E-state index >= 15 is 0 Å². The Morgan fingerprint density at radius 1 is 1.44 bits per heavy atom. The van der Waals surface area contributed by atoms with Crippen molar-refractivity contribution in [2.24, 2.45) is 5.84 Å². The molecule has 0 unspecified atom stereocenters. The van der Waals surface area contributed by atoms with Crippen LogP contribution in [-0.2, 0) is 0 Å². The molecule has 1 aliphatic carbocycles. The SMILES string of the molecule is Cc1ccc(NN)c(C(=O)NC2(C)CC2)c1. The molecule has 0 aliphatic heterocycles. The Hall–Kier alpha value is -1.55. The van der Waals surface area contributed by atoms with Gasteiger partial charge in [-0.1, -0.05) is 11.6 Å². The number of hydrazine groups is 1. The highest BCUT2D eigenvalue weighted by atomic mass is 16.1. The van der Waals surface area contributed by atoms with Crippen LogP contribution in [0.3, 0.4) is 0 Å². The second kappa shape index (κ2) is 3.79. The Kier molecular flexibility index (Phi) is 2.59. The van der Waals surface area contributed by atoms with Crippen molar-refractivity contribution < 1.29 is 4.79 Å². The van der Waals surface area contributed by atoms with Crippen LogP contribution in [0.25, 0.3) is 0 Å². The Morgan fingerprint density at radius 3 is 2.69 bits per heavy atom. The van der Waals surface area contributed by atoms with Gasteiger partial charge in [-0.15, -0.1) is 0 Å². The largest absolute Gasteiger partial charge is 0.347 e. The van der Waals surface area contributed by atoms with E-state index in [0.717, 1.165) is 18.4 Å². The summed E-state index contributed by atoms with van der Waals surface area (Å²) in [5.74, 6) is 5.33. The maximum Gasteiger partial charge on any atom is 0.253 e. The van der Waals surface area contributed by atoms with Crippen molar-refractivity contribution in [1.29, 1.82) is 0 Å².